The molecule has 1 aromatic carbocycles. The Morgan fingerprint density at radius 3 is 2.58 bits per heavy atom. The lowest BCUT2D eigenvalue weighted by Crippen LogP contribution is -2.27. The van der Waals surface area contributed by atoms with Crippen LogP contribution in [-0.2, 0) is 7.05 Å². The topological polar surface area (TPSA) is 33.3 Å². The van der Waals surface area contributed by atoms with Crippen LogP contribution in [0.5, 0.6) is 0 Å². The lowest BCUT2D eigenvalue weighted by Gasteiger charge is -2.00. The monoisotopic (exact) mass is 253 g/mol. The summed E-state index contributed by atoms with van der Waals surface area (Å²) in [4.78, 5) is 16.5. The summed E-state index contributed by atoms with van der Waals surface area (Å²) in [6.45, 7) is 1.88. The van der Waals surface area contributed by atoms with Crippen LogP contribution in [0.1, 0.15) is 23.7 Å². The predicted molar refractivity (Wildman–Crippen MR) is 75.8 cm³/mol. The predicted octanol–water partition coefficient (Wildman–Crippen LogP) is 2.88. The van der Waals surface area contributed by atoms with Crippen molar-refractivity contribution < 1.29 is 9.36 Å². The second-order valence-corrected chi connectivity index (χ2v) is 4.54. The van der Waals surface area contributed by atoms with E-state index in [9.17, 15) is 4.79 Å². The fourth-order valence-electron chi connectivity index (χ4n) is 1.85. The Morgan fingerprint density at radius 1 is 1.16 bits per heavy atom. The first kappa shape index (κ1) is 13.1. The normalized spacial score (nSPS) is 11.4. The second-order valence-electron chi connectivity index (χ2n) is 4.54. The molecule has 19 heavy (non-hydrogen) atoms. The van der Waals surface area contributed by atoms with E-state index in [1.165, 1.54) is 0 Å². The molecule has 1 aromatic heterocycles. The van der Waals surface area contributed by atoms with Crippen molar-refractivity contribution in [1.82, 2.24) is 0 Å². The van der Waals surface area contributed by atoms with Crippen molar-refractivity contribution in [3.63, 3.8) is 0 Å². The summed E-state index contributed by atoms with van der Waals surface area (Å²) in [5.74, 6) is 0.0911. The van der Waals surface area contributed by atoms with E-state index in [0.29, 0.717) is 12.0 Å². The summed E-state index contributed by atoms with van der Waals surface area (Å²) < 4.78 is 1.87. The highest BCUT2D eigenvalue weighted by Gasteiger charge is 2.10. The molecule has 0 saturated heterocycles. The molecule has 1 heterocycles. The molecule has 0 aliphatic rings. The summed E-state index contributed by atoms with van der Waals surface area (Å²) >= 11 is 0. The largest absolute Gasteiger partial charge is 0.294 e. The molecular formula is C16H17N2O+. The number of aryl methyl sites for hydroxylation is 1. The minimum absolute atomic E-state index is 0.0911. The highest BCUT2D eigenvalue weighted by molar-refractivity contribution is 6.09. The highest BCUT2D eigenvalue weighted by Crippen LogP contribution is 2.12. The van der Waals surface area contributed by atoms with Gasteiger partial charge in [-0.3, -0.25) is 9.79 Å². The summed E-state index contributed by atoms with van der Waals surface area (Å²) in [5.41, 5.74) is 2.42. The number of aliphatic imine (C=N–C) groups is 1. The molecule has 0 unspecified atom stereocenters. The number of benzene rings is 1. The number of ketones is 1. The van der Waals surface area contributed by atoms with Gasteiger partial charge in [0.1, 0.15) is 7.05 Å². The quantitative estimate of drug-likeness (QED) is 0.468. The Labute approximate surface area is 113 Å². The van der Waals surface area contributed by atoms with Crippen LogP contribution in [0.25, 0.3) is 0 Å². The van der Waals surface area contributed by atoms with Crippen molar-refractivity contribution in [3.8, 4) is 0 Å². The van der Waals surface area contributed by atoms with Gasteiger partial charge in [0.2, 0.25) is 0 Å². The molecule has 3 nitrogen and oxygen atoms in total. The Balaban J connectivity index is 2.09. The SMILES string of the molecule is CC(CC(=O)c1ccc[n+](C)c1)=Nc1ccccc1. The molecule has 0 atom stereocenters. The number of nitrogens with zero attached hydrogens (tertiary/aromatic N) is 2. The van der Waals surface area contributed by atoms with Gasteiger partial charge in [-0.1, -0.05) is 18.2 Å². The maximum Gasteiger partial charge on any atom is 0.179 e. The molecule has 0 spiro atoms. The molecule has 96 valence electrons. The van der Waals surface area contributed by atoms with Crippen LogP contribution in [0.3, 0.4) is 0 Å². The van der Waals surface area contributed by atoms with Gasteiger partial charge in [0.15, 0.2) is 18.2 Å². The van der Waals surface area contributed by atoms with Crippen LogP contribution in [0, 0.1) is 0 Å². The molecule has 2 rings (SSSR count). The highest BCUT2D eigenvalue weighted by atomic mass is 16.1. The third-order valence-corrected chi connectivity index (χ3v) is 2.75. The third kappa shape index (κ3) is 3.85. The Bertz CT molecular complexity index is 603. The van der Waals surface area contributed by atoms with Crippen molar-refractivity contribution in [1.29, 1.82) is 0 Å². The van der Waals surface area contributed by atoms with Gasteiger partial charge in [-0.15, -0.1) is 0 Å². The second kappa shape index (κ2) is 6.05. The van der Waals surface area contributed by atoms with Crippen molar-refractivity contribution >= 4 is 17.2 Å². The average Bonchev–Trinajstić information content (AvgIpc) is 2.39. The summed E-state index contributed by atoms with van der Waals surface area (Å²) in [7, 11) is 1.90. The van der Waals surface area contributed by atoms with Crippen molar-refractivity contribution in [2.45, 2.75) is 13.3 Å². The fraction of sp³-hybridized carbons (Fsp3) is 0.188. The number of hydrogen-bond acceptors (Lipinski definition) is 2. The zero-order chi connectivity index (χ0) is 13.7. The van der Waals surface area contributed by atoms with E-state index < -0.39 is 0 Å². The first-order chi connectivity index (χ1) is 9.15. The third-order valence-electron chi connectivity index (χ3n) is 2.75. The first-order valence-electron chi connectivity index (χ1n) is 6.23. The van der Waals surface area contributed by atoms with E-state index in [2.05, 4.69) is 4.99 Å². The fourth-order valence-corrected chi connectivity index (χ4v) is 1.85. The van der Waals surface area contributed by atoms with Gasteiger partial charge in [0.05, 0.1) is 11.3 Å². The zero-order valence-electron chi connectivity index (χ0n) is 11.2. The number of hydrogen-bond donors (Lipinski definition) is 0. The lowest BCUT2D eigenvalue weighted by atomic mass is 10.1. The summed E-state index contributed by atoms with van der Waals surface area (Å²) in [5, 5.41) is 0. The minimum Gasteiger partial charge on any atom is -0.294 e. The molecule has 0 amide bonds. The van der Waals surface area contributed by atoms with E-state index >= 15 is 0 Å². The standard InChI is InChI=1S/C16H17N2O/c1-13(17-15-8-4-3-5-9-15)11-16(19)14-7-6-10-18(2)12-14/h3-10,12H,11H2,1-2H3/q+1. The van der Waals surface area contributed by atoms with Crippen molar-refractivity contribution in [2.75, 3.05) is 0 Å². The molecule has 0 fully saturated rings. The number of carbonyl (C=O) groups excluding carboxylic acids is 1. The van der Waals surface area contributed by atoms with Gasteiger partial charge in [-0.05, 0) is 25.1 Å². The molecule has 0 N–H and O–H groups in total. The Morgan fingerprint density at radius 2 is 1.89 bits per heavy atom. The van der Waals surface area contributed by atoms with E-state index in [0.717, 1.165) is 11.4 Å². The van der Waals surface area contributed by atoms with Crippen LogP contribution < -0.4 is 4.57 Å². The van der Waals surface area contributed by atoms with Crippen LogP contribution in [-0.4, -0.2) is 11.5 Å². The maximum atomic E-state index is 12.1. The first-order valence-corrected chi connectivity index (χ1v) is 6.23. The lowest BCUT2D eigenvalue weighted by molar-refractivity contribution is -0.671. The molecule has 0 aliphatic heterocycles. The van der Waals surface area contributed by atoms with Crippen LogP contribution in [0.2, 0.25) is 0 Å². The van der Waals surface area contributed by atoms with E-state index in [1.807, 2.05) is 73.4 Å². The van der Waals surface area contributed by atoms with Gasteiger partial charge in [-0.2, -0.15) is 0 Å². The van der Waals surface area contributed by atoms with Gasteiger partial charge < -0.3 is 0 Å². The number of pyridine rings is 1. The number of para-hydroxylation sites is 1. The van der Waals surface area contributed by atoms with Crippen LogP contribution in [0.15, 0.2) is 59.9 Å². The molecule has 2 aromatic rings. The minimum atomic E-state index is 0.0911. The number of carbonyl (C=O) groups is 1. The Hall–Kier alpha value is -2.29. The zero-order valence-corrected chi connectivity index (χ0v) is 11.2. The molecule has 0 bridgehead atoms. The maximum absolute atomic E-state index is 12.1. The van der Waals surface area contributed by atoms with Gasteiger partial charge in [0, 0.05) is 18.2 Å². The molecule has 0 radical (unpaired) electrons. The van der Waals surface area contributed by atoms with E-state index in [1.54, 1.807) is 0 Å². The molecular weight excluding hydrogens is 236 g/mol. The molecule has 0 saturated carbocycles. The Kier molecular flexibility index (Phi) is 4.18. The number of Topliss-reactive ketones (excluding diaryl/α,β-unsaturated/α-hetero) is 1. The van der Waals surface area contributed by atoms with Gasteiger partial charge in [0.25, 0.3) is 0 Å². The van der Waals surface area contributed by atoms with Gasteiger partial charge in [-0.25, -0.2) is 4.57 Å². The average molecular weight is 253 g/mol. The van der Waals surface area contributed by atoms with Crippen LogP contribution >= 0.6 is 0 Å². The number of rotatable bonds is 4. The van der Waals surface area contributed by atoms with E-state index in [4.69, 9.17) is 0 Å². The smallest absolute Gasteiger partial charge is 0.179 e. The van der Waals surface area contributed by atoms with Crippen LogP contribution in [0.4, 0.5) is 5.69 Å². The van der Waals surface area contributed by atoms with Crippen molar-refractivity contribution in [2.24, 2.45) is 12.0 Å². The van der Waals surface area contributed by atoms with Crippen molar-refractivity contribution in [3.05, 3.63) is 60.4 Å². The molecule has 0 aliphatic carbocycles. The molecule has 3 heteroatoms. The summed E-state index contributed by atoms with van der Waals surface area (Å²) in [6.07, 6.45) is 4.08. The van der Waals surface area contributed by atoms with E-state index in [-0.39, 0.29) is 5.78 Å². The van der Waals surface area contributed by atoms with Gasteiger partial charge >= 0.3 is 0 Å². The number of aromatic nitrogens is 1. The summed E-state index contributed by atoms with van der Waals surface area (Å²) in [6, 6.07) is 13.4.